The Morgan fingerprint density at radius 2 is 1.82 bits per heavy atom. The van der Waals surface area contributed by atoms with Gasteiger partial charge in [0.05, 0.1) is 4.88 Å². The first kappa shape index (κ1) is 21.6. The van der Waals surface area contributed by atoms with Crippen LogP contribution in [0.5, 0.6) is 0 Å². The van der Waals surface area contributed by atoms with Crippen molar-refractivity contribution in [2.24, 2.45) is 5.92 Å². The minimum atomic E-state index is -0.231. The molecule has 8 heteroatoms. The highest BCUT2D eigenvalue weighted by atomic mass is 32.1. The molecule has 1 saturated carbocycles. The van der Waals surface area contributed by atoms with Crippen molar-refractivity contribution in [3.05, 3.63) is 99.1 Å². The molecule has 0 unspecified atom stereocenters. The van der Waals surface area contributed by atoms with E-state index in [0.717, 1.165) is 49.9 Å². The van der Waals surface area contributed by atoms with Crippen LogP contribution in [0.2, 0.25) is 0 Å². The normalized spacial score (nSPS) is 21.3. The van der Waals surface area contributed by atoms with Crippen molar-refractivity contribution in [3.8, 4) is 0 Å². The van der Waals surface area contributed by atoms with Crippen LogP contribution in [0.3, 0.4) is 0 Å². The van der Waals surface area contributed by atoms with Crippen molar-refractivity contribution in [3.63, 3.8) is 0 Å². The Morgan fingerprint density at radius 1 is 1.03 bits per heavy atom. The van der Waals surface area contributed by atoms with Gasteiger partial charge in [-0.1, -0.05) is 18.2 Å². The summed E-state index contributed by atoms with van der Waals surface area (Å²) < 4.78 is 0. The summed E-state index contributed by atoms with van der Waals surface area (Å²) in [6, 6.07) is 16.9. The number of likely N-dealkylation sites (tertiary alicyclic amines) is 1. The quantitative estimate of drug-likeness (QED) is 0.283. The van der Waals surface area contributed by atoms with E-state index in [1.54, 1.807) is 11.0 Å². The van der Waals surface area contributed by atoms with Crippen LogP contribution < -0.4 is 5.32 Å². The number of allylic oxidation sites excluding steroid dienone is 2. The number of ketones is 1. The fourth-order valence-electron chi connectivity index (χ4n) is 6.49. The van der Waals surface area contributed by atoms with Gasteiger partial charge in [-0.2, -0.15) is 0 Å². The second-order valence-corrected chi connectivity index (χ2v) is 11.4. The summed E-state index contributed by atoms with van der Waals surface area (Å²) >= 11 is 1.51. The number of aromatic amines is 2. The second-order valence-electron chi connectivity index (χ2n) is 10.5. The predicted molar refractivity (Wildman–Crippen MR) is 147 cm³/mol. The maximum absolute atomic E-state index is 13.7. The molecule has 2 amide bonds. The molecule has 4 heterocycles. The van der Waals surface area contributed by atoms with Crippen LogP contribution in [0.4, 0.5) is 5.69 Å². The lowest BCUT2D eigenvalue weighted by Gasteiger charge is -2.28. The molecule has 7 nitrogen and oxygen atoms in total. The van der Waals surface area contributed by atoms with Gasteiger partial charge >= 0.3 is 0 Å². The molecule has 1 spiro atoms. The lowest BCUT2D eigenvalue weighted by atomic mass is 9.84. The van der Waals surface area contributed by atoms with Crippen LogP contribution >= 0.6 is 11.3 Å². The van der Waals surface area contributed by atoms with Crippen molar-refractivity contribution in [2.45, 2.75) is 18.8 Å². The Labute approximate surface area is 221 Å². The summed E-state index contributed by atoms with van der Waals surface area (Å²) in [7, 11) is 0. The number of hydrogen-bond donors (Lipinski definition) is 3. The van der Waals surface area contributed by atoms with E-state index in [-0.39, 0.29) is 23.0 Å². The average Bonchev–Trinajstić information content (AvgIpc) is 3.37. The molecule has 1 saturated heterocycles. The number of nitrogens with one attached hydrogen (secondary N) is 3. The van der Waals surface area contributed by atoms with Gasteiger partial charge in [-0.25, -0.2) is 0 Å². The highest BCUT2D eigenvalue weighted by Gasteiger charge is 2.68. The zero-order valence-electron chi connectivity index (χ0n) is 20.4. The minimum Gasteiger partial charge on any atom is -0.351 e. The third-order valence-electron chi connectivity index (χ3n) is 8.30. The smallest absolute Gasteiger partial charge is 0.274 e. The number of aryl methyl sites for hydroxylation is 1. The second kappa shape index (κ2) is 7.33. The lowest BCUT2D eigenvalue weighted by molar-refractivity contribution is 0.0806. The molecule has 8 rings (SSSR count). The number of para-hydroxylation sites is 1. The number of rotatable bonds is 3. The monoisotopic (exact) mass is 518 g/mol. The van der Waals surface area contributed by atoms with E-state index in [9.17, 15) is 14.4 Å². The number of anilines is 1. The molecule has 2 aromatic carbocycles. The van der Waals surface area contributed by atoms with Gasteiger partial charge in [0, 0.05) is 51.2 Å². The van der Waals surface area contributed by atoms with Gasteiger partial charge in [0.1, 0.15) is 11.4 Å². The fourth-order valence-corrected chi connectivity index (χ4v) is 7.54. The Morgan fingerprint density at radius 3 is 2.68 bits per heavy atom. The first-order valence-electron chi connectivity index (χ1n) is 12.6. The van der Waals surface area contributed by atoms with Gasteiger partial charge in [0.15, 0.2) is 5.78 Å². The van der Waals surface area contributed by atoms with E-state index in [4.69, 9.17) is 0 Å². The lowest BCUT2D eigenvalue weighted by Crippen LogP contribution is -2.33. The molecular formula is C30H22N4O3S. The Hall–Kier alpha value is -4.43. The largest absolute Gasteiger partial charge is 0.351 e. The van der Waals surface area contributed by atoms with Crippen molar-refractivity contribution in [2.75, 3.05) is 11.9 Å². The van der Waals surface area contributed by atoms with E-state index in [2.05, 4.69) is 27.6 Å². The molecule has 2 fully saturated rings. The standard InChI is InChI=1S/C30H22N4O3S/c1-15-14-38-27-24(35)11-25-30(26(15)27)12-18(30)13-34(25)29(37)23-10-17-8-19(6-7-21(17)33-23)31-28(36)22-9-16-4-2-3-5-20(16)32-22/h2-11,14,18,32-33H,12-13H2,1H3,(H,31,36)/t18-,30+/m1/s1. The molecule has 186 valence electrons. The highest BCUT2D eigenvalue weighted by molar-refractivity contribution is 7.12. The maximum Gasteiger partial charge on any atom is 0.274 e. The zero-order valence-corrected chi connectivity index (χ0v) is 21.2. The highest BCUT2D eigenvalue weighted by Crippen LogP contribution is 2.68. The van der Waals surface area contributed by atoms with Crippen LogP contribution in [0.25, 0.3) is 21.8 Å². The first-order valence-corrected chi connectivity index (χ1v) is 13.5. The van der Waals surface area contributed by atoms with Crippen LogP contribution in [-0.4, -0.2) is 39.0 Å². The Kier molecular flexibility index (Phi) is 4.17. The number of H-pyrrole nitrogens is 2. The number of aromatic nitrogens is 2. The molecule has 0 radical (unpaired) electrons. The molecule has 0 bridgehead atoms. The van der Waals surface area contributed by atoms with Gasteiger partial charge in [0.2, 0.25) is 0 Å². The van der Waals surface area contributed by atoms with Gasteiger partial charge < -0.3 is 20.2 Å². The molecule has 2 aliphatic carbocycles. The summed E-state index contributed by atoms with van der Waals surface area (Å²) in [5, 5.41) is 6.80. The summed E-state index contributed by atoms with van der Waals surface area (Å²) in [6.45, 7) is 2.68. The summed E-state index contributed by atoms with van der Waals surface area (Å²) in [5.41, 5.74) is 6.25. The Bertz CT molecular complexity index is 1870. The molecule has 1 aliphatic heterocycles. The zero-order chi connectivity index (χ0) is 25.8. The number of fused-ring (bicyclic) bond motifs is 3. The number of nitrogens with zero attached hydrogens (tertiary/aromatic N) is 1. The van der Waals surface area contributed by atoms with E-state index in [1.165, 1.54) is 11.3 Å². The fraction of sp³-hybridized carbons (Fsp3) is 0.167. The SMILES string of the molecule is Cc1csc2c1[C@@]13C[C@@H]1CN(C(=O)c1cc4cc(NC(=O)c5cc6ccccc6[nH]5)ccc4[nH]1)C3=CC2=O. The molecule has 5 aromatic rings. The number of amides is 2. The number of carbonyl (C=O) groups excluding carboxylic acids is 3. The van der Waals surface area contributed by atoms with Crippen LogP contribution in [0.15, 0.2) is 71.8 Å². The van der Waals surface area contributed by atoms with E-state index < -0.39 is 0 Å². The van der Waals surface area contributed by atoms with Crippen LogP contribution in [0, 0.1) is 12.8 Å². The van der Waals surface area contributed by atoms with Gasteiger partial charge in [-0.3, -0.25) is 14.4 Å². The van der Waals surface area contributed by atoms with Crippen molar-refractivity contribution in [1.29, 1.82) is 0 Å². The first-order chi connectivity index (χ1) is 18.4. The molecule has 38 heavy (non-hydrogen) atoms. The third kappa shape index (κ3) is 2.86. The number of carbonyl (C=O) groups is 3. The summed E-state index contributed by atoms with van der Waals surface area (Å²) in [6.07, 6.45) is 2.68. The molecular weight excluding hydrogens is 496 g/mol. The predicted octanol–water partition coefficient (Wildman–Crippen LogP) is 5.77. The number of hydrogen-bond acceptors (Lipinski definition) is 4. The Balaban J connectivity index is 1.07. The van der Waals surface area contributed by atoms with Gasteiger partial charge in [-0.15, -0.1) is 11.3 Å². The number of benzene rings is 2. The van der Waals surface area contributed by atoms with Crippen molar-refractivity contribution in [1.82, 2.24) is 14.9 Å². The molecule has 3 aliphatic rings. The van der Waals surface area contributed by atoms with Gasteiger partial charge in [0.25, 0.3) is 11.8 Å². The molecule has 3 aromatic heterocycles. The van der Waals surface area contributed by atoms with Crippen molar-refractivity contribution < 1.29 is 14.4 Å². The van der Waals surface area contributed by atoms with E-state index >= 15 is 0 Å². The number of piperidine rings is 1. The van der Waals surface area contributed by atoms with E-state index in [1.807, 2.05) is 54.6 Å². The van der Waals surface area contributed by atoms with Crippen LogP contribution in [-0.2, 0) is 5.41 Å². The van der Waals surface area contributed by atoms with Crippen molar-refractivity contribution >= 4 is 56.4 Å². The molecule has 3 N–H and O–H groups in total. The number of thiophene rings is 1. The maximum atomic E-state index is 13.7. The summed E-state index contributed by atoms with van der Waals surface area (Å²) in [4.78, 5) is 48.4. The van der Waals surface area contributed by atoms with E-state index in [0.29, 0.717) is 29.5 Å². The minimum absolute atomic E-state index is 0.00364. The summed E-state index contributed by atoms with van der Waals surface area (Å²) in [5.74, 6) is -0.0115. The third-order valence-corrected chi connectivity index (χ3v) is 9.41. The van der Waals surface area contributed by atoms with Gasteiger partial charge in [-0.05, 0) is 72.2 Å². The van der Waals surface area contributed by atoms with Crippen LogP contribution in [0.1, 0.15) is 48.2 Å². The molecule has 2 atom stereocenters. The topological polar surface area (TPSA) is 98.1 Å². The average molecular weight is 519 g/mol.